The predicted octanol–water partition coefficient (Wildman–Crippen LogP) is 5.37. The molecule has 0 radical (unpaired) electrons. The van der Waals surface area contributed by atoms with E-state index in [1.165, 1.54) is 37.9 Å². The van der Waals surface area contributed by atoms with Crippen molar-refractivity contribution in [2.75, 3.05) is 0 Å². The van der Waals surface area contributed by atoms with Gasteiger partial charge in [-0.25, -0.2) is 0 Å². The third-order valence-electron chi connectivity index (χ3n) is 4.26. The Balaban J connectivity index is 2.44. The molecule has 1 heteroatoms. The monoisotopic (exact) mass is 300 g/mol. The number of rotatable bonds is 0. The van der Waals surface area contributed by atoms with Gasteiger partial charge in [-0.05, 0) is 47.7 Å². The Morgan fingerprint density at radius 2 is 1.61 bits per heavy atom. The Morgan fingerprint density at radius 1 is 0.944 bits per heavy atom. The summed E-state index contributed by atoms with van der Waals surface area (Å²) in [7, 11) is 0. The molecule has 0 amide bonds. The first-order chi connectivity index (χ1) is 8.43. The van der Waals surface area contributed by atoms with E-state index in [0.29, 0.717) is 0 Å². The van der Waals surface area contributed by atoms with Gasteiger partial charge < -0.3 is 0 Å². The lowest BCUT2D eigenvalue weighted by Gasteiger charge is -2.22. The first-order valence-corrected chi connectivity index (χ1v) is 7.13. The summed E-state index contributed by atoms with van der Waals surface area (Å²) < 4.78 is 1.20. The summed E-state index contributed by atoms with van der Waals surface area (Å²) in [6.07, 6.45) is 0. The number of hydrogen-bond donors (Lipinski definition) is 0. The molecule has 0 aromatic heterocycles. The minimum Gasteiger partial charge on any atom is -0.0608 e. The fourth-order valence-corrected chi connectivity index (χ4v) is 3.58. The molecule has 0 fully saturated rings. The third-order valence-corrected chi connectivity index (χ3v) is 4.92. The van der Waals surface area contributed by atoms with Gasteiger partial charge in [0.25, 0.3) is 0 Å². The van der Waals surface area contributed by atoms with Crippen molar-refractivity contribution in [3.8, 4) is 11.1 Å². The summed E-state index contributed by atoms with van der Waals surface area (Å²) in [6, 6.07) is 11.2. The van der Waals surface area contributed by atoms with Gasteiger partial charge in [-0.1, -0.05) is 54.0 Å². The lowest BCUT2D eigenvalue weighted by molar-refractivity contribution is 0.659. The molecule has 1 aliphatic rings. The van der Waals surface area contributed by atoms with Gasteiger partial charge in [0.15, 0.2) is 0 Å². The van der Waals surface area contributed by atoms with Crippen LogP contribution in [-0.2, 0) is 5.41 Å². The van der Waals surface area contributed by atoms with Crippen LogP contribution in [-0.4, -0.2) is 0 Å². The molecule has 0 N–H and O–H groups in total. The molecule has 2 aromatic carbocycles. The molecule has 3 rings (SSSR count). The van der Waals surface area contributed by atoms with E-state index >= 15 is 0 Å². The van der Waals surface area contributed by atoms with Crippen molar-refractivity contribution in [1.29, 1.82) is 0 Å². The van der Waals surface area contributed by atoms with Crippen LogP contribution in [0.1, 0.15) is 36.1 Å². The van der Waals surface area contributed by atoms with Crippen LogP contribution in [0.3, 0.4) is 0 Å². The lowest BCUT2D eigenvalue weighted by Crippen LogP contribution is -2.15. The number of aryl methyl sites for hydroxylation is 2. The van der Waals surface area contributed by atoms with Crippen LogP contribution in [0.4, 0.5) is 0 Å². The normalized spacial score (nSPS) is 15.4. The Kier molecular flexibility index (Phi) is 2.47. The van der Waals surface area contributed by atoms with Gasteiger partial charge >= 0.3 is 0 Å². The van der Waals surface area contributed by atoms with Crippen LogP contribution in [0.25, 0.3) is 11.1 Å². The van der Waals surface area contributed by atoms with E-state index < -0.39 is 0 Å². The quantitative estimate of drug-likeness (QED) is 0.613. The topological polar surface area (TPSA) is 0 Å². The van der Waals surface area contributed by atoms with Crippen LogP contribution in [0, 0.1) is 13.8 Å². The molecule has 92 valence electrons. The first kappa shape index (κ1) is 12.0. The third kappa shape index (κ3) is 1.43. The highest BCUT2D eigenvalue weighted by Crippen LogP contribution is 2.51. The molecule has 0 saturated heterocycles. The molecule has 0 spiro atoms. The summed E-state index contributed by atoms with van der Waals surface area (Å²) in [5.74, 6) is 0. The number of benzene rings is 2. The number of hydrogen-bond acceptors (Lipinski definition) is 0. The van der Waals surface area contributed by atoms with Crippen LogP contribution in [0.2, 0.25) is 0 Å². The van der Waals surface area contributed by atoms with Crippen molar-refractivity contribution in [3.63, 3.8) is 0 Å². The van der Waals surface area contributed by atoms with Crippen molar-refractivity contribution in [3.05, 3.63) is 57.1 Å². The smallest absolute Gasteiger partial charge is 0.0256 e. The van der Waals surface area contributed by atoms with E-state index in [1.54, 1.807) is 0 Å². The van der Waals surface area contributed by atoms with Gasteiger partial charge in [-0.3, -0.25) is 0 Å². The Bertz CT molecular complexity index is 651. The molecule has 2 aromatic rings. The molecule has 18 heavy (non-hydrogen) atoms. The summed E-state index contributed by atoms with van der Waals surface area (Å²) in [4.78, 5) is 0. The van der Waals surface area contributed by atoms with Gasteiger partial charge in [0, 0.05) is 15.5 Å². The molecule has 0 saturated carbocycles. The van der Waals surface area contributed by atoms with E-state index in [9.17, 15) is 0 Å². The van der Waals surface area contributed by atoms with Gasteiger partial charge in [-0.15, -0.1) is 0 Å². The van der Waals surface area contributed by atoms with Crippen LogP contribution in [0.15, 0.2) is 34.8 Å². The maximum Gasteiger partial charge on any atom is 0.0256 e. The minimum absolute atomic E-state index is 0.104. The maximum absolute atomic E-state index is 3.71. The fourth-order valence-electron chi connectivity index (χ4n) is 3.00. The highest BCUT2D eigenvalue weighted by Gasteiger charge is 2.36. The minimum atomic E-state index is 0.104. The molecular weight excluding hydrogens is 284 g/mol. The first-order valence-electron chi connectivity index (χ1n) is 6.34. The second-order valence-corrected chi connectivity index (χ2v) is 6.62. The van der Waals surface area contributed by atoms with Crippen molar-refractivity contribution in [1.82, 2.24) is 0 Å². The van der Waals surface area contributed by atoms with Crippen molar-refractivity contribution in [2.24, 2.45) is 0 Å². The Labute approximate surface area is 117 Å². The maximum atomic E-state index is 3.71. The summed E-state index contributed by atoms with van der Waals surface area (Å²) in [5, 5.41) is 0. The van der Waals surface area contributed by atoms with Crippen molar-refractivity contribution in [2.45, 2.75) is 33.1 Å². The van der Waals surface area contributed by atoms with Crippen molar-refractivity contribution >= 4 is 15.9 Å². The van der Waals surface area contributed by atoms with E-state index in [-0.39, 0.29) is 5.41 Å². The van der Waals surface area contributed by atoms with Crippen LogP contribution >= 0.6 is 15.9 Å². The van der Waals surface area contributed by atoms with Gasteiger partial charge in [0.05, 0.1) is 0 Å². The average molecular weight is 301 g/mol. The van der Waals surface area contributed by atoms with E-state index in [4.69, 9.17) is 0 Å². The predicted molar refractivity (Wildman–Crippen MR) is 81.2 cm³/mol. The van der Waals surface area contributed by atoms with Gasteiger partial charge in [0.2, 0.25) is 0 Å². The highest BCUT2D eigenvalue weighted by atomic mass is 79.9. The molecule has 0 aliphatic heterocycles. The number of fused-ring (bicyclic) bond motifs is 3. The van der Waals surface area contributed by atoms with Gasteiger partial charge in [-0.2, -0.15) is 0 Å². The van der Waals surface area contributed by atoms with E-state index in [2.05, 4.69) is 74.0 Å². The molecule has 1 aliphatic carbocycles. The number of halogens is 1. The zero-order valence-electron chi connectivity index (χ0n) is 11.3. The highest BCUT2D eigenvalue weighted by molar-refractivity contribution is 9.10. The molecule has 0 atom stereocenters. The molecule has 0 unspecified atom stereocenters. The second kappa shape index (κ2) is 3.71. The largest absolute Gasteiger partial charge is 0.0608 e. The fraction of sp³-hybridized carbons (Fsp3) is 0.294. The molecular formula is C17H17Br. The Morgan fingerprint density at radius 3 is 2.33 bits per heavy atom. The van der Waals surface area contributed by atoms with Crippen LogP contribution < -0.4 is 0 Å². The zero-order valence-corrected chi connectivity index (χ0v) is 12.9. The second-order valence-electron chi connectivity index (χ2n) is 5.77. The summed E-state index contributed by atoms with van der Waals surface area (Å²) in [6.45, 7) is 9.03. The average Bonchev–Trinajstić information content (AvgIpc) is 2.51. The summed E-state index contributed by atoms with van der Waals surface area (Å²) in [5.41, 5.74) is 8.50. The lowest BCUT2D eigenvalue weighted by atomic mass is 9.82. The van der Waals surface area contributed by atoms with Crippen molar-refractivity contribution < 1.29 is 0 Å². The summed E-state index contributed by atoms with van der Waals surface area (Å²) >= 11 is 3.71. The SMILES string of the molecule is Cc1cc2c(cc1C)C(C)(C)c1cccc(Br)c1-2. The standard InChI is InChI=1S/C17H17Br/c1-10-8-12-14(9-11(10)2)17(3,4)13-6-5-7-15(18)16(12)13/h5-9H,1-4H3. The van der Waals surface area contributed by atoms with Crippen LogP contribution in [0.5, 0.6) is 0 Å². The molecule has 0 heterocycles. The molecule has 0 nitrogen and oxygen atoms in total. The van der Waals surface area contributed by atoms with Gasteiger partial charge in [0.1, 0.15) is 0 Å². The zero-order chi connectivity index (χ0) is 13.1. The van der Waals surface area contributed by atoms with E-state index in [1.807, 2.05) is 0 Å². The van der Waals surface area contributed by atoms with E-state index in [0.717, 1.165) is 0 Å². The Hall–Kier alpha value is -1.08. The molecule has 0 bridgehead atoms.